The first-order chi connectivity index (χ1) is 8.34. The molecule has 1 amide bonds. The number of carbonyl (C=O) groups excluding carboxylic acids is 1. The van der Waals surface area contributed by atoms with Crippen LogP contribution in [0.5, 0.6) is 0 Å². The van der Waals surface area contributed by atoms with Crippen molar-refractivity contribution < 1.29 is 4.79 Å². The van der Waals surface area contributed by atoms with Gasteiger partial charge in [0.15, 0.2) is 0 Å². The van der Waals surface area contributed by atoms with E-state index in [4.69, 9.17) is 0 Å². The number of nitrogens with zero attached hydrogens (tertiary/aromatic N) is 2. The minimum absolute atomic E-state index is 0.193. The molecule has 17 heavy (non-hydrogen) atoms. The highest BCUT2D eigenvalue weighted by molar-refractivity contribution is 6.01. The van der Waals surface area contributed by atoms with E-state index in [1.807, 2.05) is 18.2 Å². The molecule has 0 radical (unpaired) electrons. The molecule has 0 atom stereocenters. The largest absolute Gasteiger partial charge is 0.322 e. The van der Waals surface area contributed by atoms with E-state index in [1.165, 1.54) is 6.08 Å². The summed E-state index contributed by atoms with van der Waals surface area (Å²) in [6.07, 6.45) is 8.04. The Morgan fingerprint density at radius 3 is 2.65 bits per heavy atom. The van der Waals surface area contributed by atoms with Gasteiger partial charge in [-0.1, -0.05) is 6.07 Å². The first-order valence-corrected chi connectivity index (χ1v) is 5.15. The van der Waals surface area contributed by atoms with Gasteiger partial charge in [0, 0.05) is 30.4 Å². The Morgan fingerprint density at radius 1 is 1.12 bits per heavy atom. The van der Waals surface area contributed by atoms with Gasteiger partial charge in [-0.3, -0.25) is 14.8 Å². The molecule has 0 aliphatic carbocycles. The van der Waals surface area contributed by atoms with Crippen molar-refractivity contribution >= 4 is 17.7 Å². The molecule has 0 aliphatic rings. The highest BCUT2D eigenvalue weighted by Gasteiger charge is 1.96. The van der Waals surface area contributed by atoms with E-state index in [2.05, 4.69) is 15.3 Å². The maximum Gasteiger partial charge on any atom is 0.248 e. The molecule has 2 heterocycles. The predicted octanol–water partition coefficient (Wildman–Crippen LogP) is 2.13. The van der Waals surface area contributed by atoms with E-state index in [0.29, 0.717) is 0 Å². The van der Waals surface area contributed by atoms with Gasteiger partial charge >= 0.3 is 0 Å². The highest BCUT2D eigenvalue weighted by Crippen LogP contribution is 2.03. The topological polar surface area (TPSA) is 54.9 Å². The maximum absolute atomic E-state index is 11.5. The summed E-state index contributed by atoms with van der Waals surface area (Å²) in [7, 11) is 0. The average molecular weight is 225 g/mol. The fourth-order valence-corrected chi connectivity index (χ4v) is 1.25. The molecule has 2 aromatic heterocycles. The second kappa shape index (κ2) is 5.55. The van der Waals surface area contributed by atoms with Crippen molar-refractivity contribution in [3.8, 4) is 0 Å². The van der Waals surface area contributed by atoms with E-state index >= 15 is 0 Å². The number of nitrogens with one attached hydrogen (secondary N) is 1. The first kappa shape index (κ1) is 11.0. The van der Waals surface area contributed by atoms with Gasteiger partial charge in [0.1, 0.15) is 0 Å². The molecule has 0 aliphatic heterocycles. The summed E-state index contributed by atoms with van der Waals surface area (Å²) >= 11 is 0. The number of anilines is 1. The zero-order chi connectivity index (χ0) is 11.9. The molecule has 0 saturated heterocycles. The molecule has 0 aromatic carbocycles. The molecule has 0 fully saturated rings. The molecule has 0 saturated carbocycles. The van der Waals surface area contributed by atoms with Crippen LogP contribution in [-0.2, 0) is 4.79 Å². The standard InChI is InChI=1S/C13H11N3O/c17-13(16-12-6-9-14-10-7-12)5-4-11-3-1-2-8-15-11/h1-10H,(H,14,16,17)/b5-4+. The number of amides is 1. The Bertz CT molecular complexity index is 509. The van der Waals surface area contributed by atoms with Crippen LogP contribution in [0.15, 0.2) is 55.0 Å². The zero-order valence-corrected chi connectivity index (χ0v) is 9.08. The summed E-state index contributed by atoms with van der Waals surface area (Å²) in [5.74, 6) is -0.193. The van der Waals surface area contributed by atoms with E-state index in [9.17, 15) is 4.79 Å². The van der Waals surface area contributed by atoms with Crippen LogP contribution >= 0.6 is 0 Å². The Morgan fingerprint density at radius 2 is 1.94 bits per heavy atom. The van der Waals surface area contributed by atoms with Crippen molar-refractivity contribution in [1.29, 1.82) is 0 Å². The second-order valence-corrected chi connectivity index (χ2v) is 3.31. The van der Waals surface area contributed by atoms with Crippen LogP contribution in [0, 0.1) is 0 Å². The lowest BCUT2D eigenvalue weighted by Crippen LogP contribution is -2.07. The molecule has 4 heteroatoms. The zero-order valence-electron chi connectivity index (χ0n) is 9.08. The number of hydrogen-bond acceptors (Lipinski definition) is 3. The summed E-state index contributed by atoms with van der Waals surface area (Å²) in [6, 6.07) is 8.98. The molecular formula is C13H11N3O. The summed E-state index contributed by atoms with van der Waals surface area (Å²) in [4.78, 5) is 19.5. The molecule has 0 spiro atoms. The SMILES string of the molecule is O=C(/C=C/c1ccccn1)Nc1ccncc1. The van der Waals surface area contributed by atoms with Crippen LogP contribution in [0.25, 0.3) is 6.08 Å². The normalized spacial score (nSPS) is 10.4. The van der Waals surface area contributed by atoms with Crippen LogP contribution in [-0.4, -0.2) is 15.9 Å². The van der Waals surface area contributed by atoms with Crippen molar-refractivity contribution in [3.63, 3.8) is 0 Å². The Kier molecular flexibility index (Phi) is 3.60. The van der Waals surface area contributed by atoms with Crippen molar-refractivity contribution in [1.82, 2.24) is 9.97 Å². The van der Waals surface area contributed by atoms with Gasteiger partial charge in [-0.15, -0.1) is 0 Å². The van der Waals surface area contributed by atoms with Gasteiger partial charge < -0.3 is 5.32 Å². The lowest BCUT2D eigenvalue weighted by molar-refractivity contribution is -0.111. The smallest absolute Gasteiger partial charge is 0.248 e. The molecule has 1 N–H and O–H groups in total. The Labute approximate surface area is 99.0 Å². The van der Waals surface area contributed by atoms with Crippen molar-refractivity contribution in [2.75, 3.05) is 5.32 Å². The first-order valence-electron chi connectivity index (χ1n) is 5.15. The number of aromatic nitrogens is 2. The van der Waals surface area contributed by atoms with Gasteiger partial charge in [-0.2, -0.15) is 0 Å². The minimum atomic E-state index is -0.193. The highest BCUT2D eigenvalue weighted by atomic mass is 16.1. The van der Waals surface area contributed by atoms with Gasteiger partial charge in [0.2, 0.25) is 5.91 Å². The van der Waals surface area contributed by atoms with Crippen molar-refractivity contribution in [3.05, 3.63) is 60.7 Å². The van der Waals surface area contributed by atoms with E-state index < -0.39 is 0 Å². The molecular weight excluding hydrogens is 214 g/mol. The van der Waals surface area contributed by atoms with Gasteiger partial charge in [0.05, 0.1) is 5.69 Å². The lowest BCUT2D eigenvalue weighted by atomic mass is 10.3. The second-order valence-electron chi connectivity index (χ2n) is 3.31. The van der Waals surface area contributed by atoms with Crippen LogP contribution in [0.3, 0.4) is 0 Å². The van der Waals surface area contributed by atoms with Crippen LogP contribution in [0.1, 0.15) is 5.69 Å². The third kappa shape index (κ3) is 3.53. The maximum atomic E-state index is 11.5. The number of hydrogen-bond donors (Lipinski definition) is 1. The van der Waals surface area contributed by atoms with Crippen molar-refractivity contribution in [2.45, 2.75) is 0 Å². The van der Waals surface area contributed by atoms with Crippen LogP contribution in [0.4, 0.5) is 5.69 Å². The quantitative estimate of drug-likeness (QED) is 0.814. The van der Waals surface area contributed by atoms with E-state index in [1.54, 1.807) is 36.8 Å². The summed E-state index contributed by atoms with van der Waals surface area (Å²) in [6.45, 7) is 0. The molecule has 4 nitrogen and oxygen atoms in total. The fraction of sp³-hybridized carbons (Fsp3) is 0. The Hall–Kier alpha value is -2.49. The predicted molar refractivity (Wildman–Crippen MR) is 66.1 cm³/mol. The van der Waals surface area contributed by atoms with Gasteiger partial charge in [-0.05, 0) is 30.3 Å². The van der Waals surface area contributed by atoms with Crippen molar-refractivity contribution in [2.24, 2.45) is 0 Å². The Balaban J connectivity index is 1.96. The summed E-state index contributed by atoms with van der Waals surface area (Å²) in [5, 5.41) is 2.72. The molecule has 2 rings (SSSR count). The average Bonchev–Trinajstić information content (AvgIpc) is 2.39. The van der Waals surface area contributed by atoms with E-state index in [0.717, 1.165) is 11.4 Å². The summed E-state index contributed by atoms with van der Waals surface area (Å²) < 4.78 is 0. The lowest BCUT2D eigenvalue weighted by Gasteiger charge is -1.99. The molecule has 0 bridgehead atoms. The number of pyridine rings is 2. The monoisotopic (exact) mass is 225 g/mol. The fourth-order valence-electron chi connectivity index (χ4n) is 1.25. The van der Waals surface area contributed by atoms with E-state index in [-0.39, 0.29) is 5.91 Å². The third-order valence-electron chi connectivity index (χ3n) is 2.04. The van der Waals surface area contributed by atoms with Gasteiger partial charge in [-0.25, -0.2) is 0 Å². The van der Waals surface area contributed by atoms with Gasteiger partial charge in [0.25, 0.3) is 0 Å². The van der Waals surface area contributed by atoms with Crippen LogP contribution < -0.4 is 5.32 Å². The summed E-state index contributed by atoms with van der Waals surface area (Å²) in [5.41, 5.74) is 1.47. The molecule has 2 aromatic rings. The molecule has 84 valence electrons. The molecule has 0 unspecified atom stereocenters. The number of carbonyl (C=O) groups is 1. The third-order valence-corrected chi connectivity index (χ3v) is 2.04. The minimum Gasteiger partial charge on any atom is -0.322 e. The number of rotatable bonds is 3. The van der Waals surface area contributed by atoms with Crippen LogP contribution in [0.2, 0.25) is 0 Å².